The van der Waals surface area contributed by atoms with Gasteiger partial charge >= 0.3 is 0 Å². The lowest BCUT2D eigenvalue weighted by molar-refractivity contribution is -0.134. The van der Waals surface area contributed by atoms with Crippen molar-refractivity contribution < 1.29 is 27.4 Å². The smallest absolute Gasteiger partial charge is 0.260 e. The minimum absolute atomic E-state index is 0.0705. The molecule has 1 amide bonds. The first kappa shape index (κ1) is 18.6. The number of hydrogen-bond donors (Lipinski definition) is 0. The van der Waals surface area contributed by atoms with E-state index in [1.165, 1.54) is 16.4 Å². The Kier molecular flexibility index (Phi) is 5.10. The van der Waals surface area contributed by atoms with Crippen LogP contribution in [0.3, 0.4) is 0 Å². The number of carbonyl (C=O) groups excluding carboxylic acids is 1. The fourth-order valence-electron chi connectivity index (χ4n) is 3.12. The van der Waals surface area contributed by atoms with Crippen LogP contribution in [-0.2, 0) is 14.8 Å². The van der Waals surface area contributed by atoms with Crippen LogP contribution in [-0.4, -0.2) is 63.1 Å². The maximum Gasteiger partial charge on any atom is 0.260 e. The normalized spacial score (nSPS) is 16.8. The number of fused-ring (bicyclic) bond motifs is 1. The lowest BCUT2D eigenvalue weighted by Crippen LogP contribution is -2.51. The highest BCUT2D eigenvalue weighted by Gasteiger charge is 2.31. The molecule has 1 fully saturated rings. The van der Waals surface area contributed by atoms with E-state index in [-0.39, 0.29) is 37.3 Å². The van der Waals surface area contributed by atoms with Crippen molar-refractivity contribution in [3.63, 3.8) is 0 Å². The van der Waals surface area contributed by atoms with Crippen LogP contribution in [0.1, 0.15) is 0 Å². The van der Waals surface area contributed by atoms with Crippen molar-refractivity contribution in [1.29, 1.82) is 0 Å². The van der Waals surface area contributed by atoms with Crippen LogP contribution in [0.2, 0.25) is 0 Å². The summed E-state index contributed by atoms with van der Waals surface area (Å²) in [6, 6.07) is 13.7. The molecule has 2 aliphatic rings. The van der Waals surface area contributed by atoms with Gasteiger partial charge < -0.3 is 19.1 Å². The fraction of sp³-hybridized carbons (Fsp3) is 0.316. The molecule has 2 heterocycles. The van der Waals surface area contributed by atoms with Gasteiger partial charge in [-0.3, -0.25) is 4.79 Å². The Morgan fingerprint density at radius 2 is 1.68 bits per heavy atom. The molecule has 0 unspecified atom stereocenters. The first-order valence-electron chi connectivity index (χ1n) is 8.89. The number of sulfonamides is 1. The van der Waals surface area contributed by atoms with Gasteiger partial charge in [-0.1, -0.05) is 18.2 Å². The van der Waals surface area contributed by atoms with Gasteiger partial charge in [0, 0.05) is 32.2 Å². The Labute approximate surface area is 163 Å². The molecular weight excluding hydrogens is 384 g/mol. The molecule has 0 aromatic heterocycles. The van der Waals surface area contributed by atoms with Gasteiger partial charge in [-0.15, -0.1) is 0 Å². The second kappa shape index (κ2) is 7.69. The Morgan fingerprint density at radius 3 is 2.43 bits per heavy atom. The highest BCUT2D eigenvalue weighted by atomic mass is 32.2. The van der Waals surface area contributed by atoms with Gasteiger partial charge in [0.25, 0.3) is 5.91 Å². The summed E-state index contributed by atoms with van der Waals surface area (Å²) in [5.74, 6) is 1.42. The van der Waals surface area contributed by atoms with Gasteiger partial charge in [0.05, 0.1) is 4.90 Å². The van der Waals surface area contributed by atoms with Crippen molar-refractivity contribution in [2.75, 3.05) is 39.6 Å². The average Bonchev–Trinajstić information content (AvgIpc) is 3.21. The summed E-state index contributed by atoms with van der Waals surface area (Å²) < 4.78 is 43.1. The summed E-state index contributed by atoms with van der Waals surface area (Å²) in [6.07, 6.45) is 0. The van der Waals surface area contributed by atoms with Gasteiger partial charge in [0.1, 0.15) is 5.75 Å². The molecule has 0 atom stereocenters. The van der Waals surface area contributed by atoms with Crippen LogP contribution in [0.4, 0.5) is 0 Å². The molecule has 28 heavy (non-hydrogen) atoms. The van der Waals surface area contributed by atoms with E-state index in [1.807, 2.05) is 18.2 Å². The van der Waals surface area contributed by atoms with Crippen molar-refractivity contribution in [3.05, 3.63) is 48.5 Å². The molecule has 0 aliphatic carbocycles. The number of rotatable bonds is 5. The van der Waals surface area contributed by atoms with Crippen molar-refractivity contribution in [1.82, 2.24) is 9.21 Å². The predicted octanol–water partition coefficient (Wildman–Crippen LogP) is 1.33. The molecule has 0 bridgehead atoms. The van der Waals surface area contributed by atoms with Crippen molar-refractivity contribution in [2.24, 2.45) is 0 Å². The van der Waals surface area contributed by atoms with Crippen LogP contribution in [0.25, 0.3) is 0 Å². The van der Waals surface area contributed by atoms with Gasteiger partial charge in [-0.2, -0.15) is 4.31 Å². The lowest BCUT2D eigenvalue weighted by Gasteiger charge is -2.34. The maximum atomic E-state index is 12.9. The summed E-state index contributed by atoms with van der Waals surface area (Å²) in [5.41, 5.74) is 0. The summed E-state index contributed by atoms with van der Waals surface area (Å²) >= 11 is 0. The Bertz CT molecular complexity index is 956. The number of hydrogen-bond acceptors (Lipinski definition) is 6. The molecule has 0 spiro atoms. The predicted molar refractivity (Wildman–Crippen MR) is 99.8 cm³/mol. The molecule has 8 nitrogen and oxygen atoms in total. The summed E-state index contributed by atoms with van der Waals surface area (Å²) in [7, 11) is -3.66. The van der Waals surface area contributed by atoms with Gasteiger partial charge in [0.15, 0.2) is 18.1 Å². The number of benzene rings is 2. The Balaban J connectivity index is 1.35. The standard InChI is InChI=1S/C19H20N2O6S/c22-19(13-25-15-4-2-1-3-5-15)20-8-10-21(11-9-20)28(23,24)16-6-7-17-18(12-16)27-14-26-17/h1-7,12H,8-11,13-14H2. The van der Waals surface area contributed by atoms with E-state index in [0.29, 0.717) is 30.3 Å². The third-order valence-electron chi connectivity index (χ3n) is 4.68. The minimum Gasteiger partial charge on any atom is -0.484 e. The van der Waals surface area contributed by atoms with Crippen LogP contribution in [0.5, 0.6) is 17.2 Å². The van der Waals surface area contributed by atoms with E-state index >= 15 is 0 Å². The van der Waals surface area contributed by atoms with Crippen molar-refractivity contribution >= 4 is 15.9 Å². The molecule has 0 N–H and O–H groups in total. The quantitative estimate of drug-likeness (QED) is 0.747. The highest BCUT2D eigenvalue weighted by Crippen LogP contribution is 2.34. The maximum absolute atomic E-state index is 12.9. The molecule has 2 aromatic carbocycles. The van der Waals surface area contributed by atoms with Crippen LogP contribution in [0, 0.1) is 0 Å². The van der Waals surface area contributed by atoms with Crippen LogP contribution >= 0.6 is 0 Å². The monoisotopic (exact) mass is 404 g/mol. The van der Waals surface area contributed by atoms with E-state index in [9.17, 15) is 13.2 Å². The average molecular weight is 404 g/mol. The summed E-state index contributed by atoms with van der Waals surface area (Å²) in [6.45, 7) is 1.12. The molecule has 1 saturated heterocycles. The molecule has 148 valence electrons. The van der Waals surface area contributed by atoms with E-state index in [0.717, 1.165) is 0 Å². The second-order valence-corrected chi connectivity index (χ2v) is 8.34. The zero-order valence-corrected chi connectivity index (χ0v) is 15.9. The van der Waals surface area contributed by atoms with Crippen LogP contribution in [0.15, 0.2) is 53.4 Å². The number of carbonyl (C=O) groups is 1. The minimum atomic E-state index is -3.66. The van der Waals surface area contributed by atoms with Gasteiger partial charge in [-0.05, 0) is 24.3 Å². The molecule has 0 saturated carbocycles. The second-order valence-electron chi connectivity index (χ2n) is 6.40. The van der Waals surface area contributed by atoms with Gasteiger partial charge in [-0.25, -0.2) is 8.42 Å². The fourth-order valence-corrected chi connectivity index (χ4v) is 4.56. The largest absolute Gasteiger partial charge is 0.484 e. The third kappa shape index (κ3) is 3.76. The number of amides is 1. The first-order valence-corrected chi connectivity index (χ1v) is 10.3. The highest BCUT2D eigenvalue weighted by molar-refractivity contribution is 7.89. The Hall–Kier alpha value is -2.78. The summed E-state index contributed by atoms with van der Waals surface area (Å²) in [4.78, 5) is 14.1. The molecule has 0 radical (unpaired) electrons. The molecule has 2 aromatic rings. The molecule has 4 rings (SSSR count). The van der Waals surface area contributed by atoms with E-state index in [1.54, 1.807) is 23.1 Å². The zero-order valence-electron chi connectivity index (χ0n) is 15.1. The number of para-hydroxylation sites is 1. The van der Waals surface area contributed by atoms with Crippen molar-refractivity contribution in [2.45, 2.75) is 4.90 Å². The molecule has 9 heteroatoms. The third-order valence-corrected chi connectivity index (χ3v) is 6.57. The number of piperazine rings is 1. The summed E-state index contributed by atoms with van der Waals surface area (Å²) in [5, 5.41) is 0. The van der Waals surface area contributed by atoms with Crippen molar-refractivity contribution in [3.8, 4) is 17.2 Å². The molecule has 2 aliphatic heterocycles. The Morgan fingerprint density at radius 1 is 0.964 bits per heavy atom. The topological polar surface area (TPSA) is 85.4 Å². The molecular formula is C19H20N2O6S. The first-order chi connectivity index (χ1) is 13.5. The van der Waals surface area contributed by atoms with E-state index < -0.39 is 10.0 Å². The SMILES string of the molecule is O=C(COc1ccccc1)N1CCN(S(=O)(=O)c2ccc3c(c2)OCO3)CC1. The number of ether oxygens (including phenoxy) is 3. The van der Waals surface area contributed by atoms with Crippen LogP contribution < -0.4 is 14.2 Å². The zero-order chi connectivity index (χ0) is 19.6. The van der Waals surface area contributed by atoms with Gasteiger partial charge in [0.2, 0.25) is 16.8 Å². The lowest BCUT2D eigenvalue weighted by atomic mass is 10.3. The van der Waals surface area contributed by atoms with E-state index in [2.05, 4.69) is 0 Å². The van der Waals surface area contributed by atoms with E-state index in [4.69, 9.17) is 14.2 Å². The number of nitrogens with zero attached hydrogens (tertiary/aromatic N) is 2.